The second kappa shape index (κ2) is 18.8. The molecule has 3 saturated heterocycles. The van der Waals surface area contributed by atoms with Crippen molar-refractivity contribution in [2.75, 3.05) is 19.8 Å². The van der Waals surface area contributed by atoms with Gasteiger partial charge in [0.2, 0.25) is 0 Å². The number of aliphatic hydroxyl groups excluding tert-OH is 11. The monoisotopic (exact) mass is 917 g/mol. The van der Waals surface area contributed by atoms with E-state index in [0.29, 0.717) is 25.7 Å². The van der Waals surface area contributed by atoms with E-state index < -0.39 is 116 Å². The minimum absolute atomic E-state index is 0.149. The van der Waals surface area contributed by atoms with Crippen molar-refractivity contribution in [2.24, 2.45) is 45.3 Å². The summed E-state index contributed by atoms with van der Waals surface area (Å²) in [4.78, 5) is 0. The molecule has 3 heterocycles. The molecule has 24 atom stereocenters. The molecule has 64 heavy (non-hydrogen) atoms. The molecule has 0 bridgehead atoms. The van der Waals surface area contributed by atoms with E-state index >= 15 is 0 Å². The van der Waals surface area contributed by atoms with E-state index in [1.54, 1.807) is 0 Å². The molecule has 0 spiro atoms. The first-order valence-corrected chi connectivity index (χ1v) is 23.8. The Morgan fingerprint density at radius 2 is 1.28 bits per heavy atom. The van der Waals surface area contributed by atoms with Crippen molar-refractivity contribution in [2.45, 2.75) is 217 Å². The second-order valence-corrected chi connectivity index (χ2v) is 22.5. The number of fused-ring (bicyclic) bond motifs is 5. The third kappa shape index (κ3) is 8.60. The van der Waals surface area contributed by atoms with Gasteiger partial charge in [0, 0.05) is 0 Å². The molecule has 7 aliphatic rings. The molecular weight excluding hydrogens is 836 g/mol. The molecule has 4 aliphatic carbocycles. The molecule has 17 heteroatoms. The summed E-state index contributed by atoms with van der Waals surface area (Å²) in [5.74, 6) is -0.0478. The second-order valence-electron chi connectivity index (χ2n) is 22.5. The SMILES string of the molecule is CC(C)=CCC[C@](C)(O[C@@H]1O[C@H](CO[C@@H]2OC[C@@H](O)[C@@H](O)[C@@H]2O)[C@@H](O)[C@H](O)[C@H]1O)[C@H]1CC[C@]2(C)[C@@H]1[C@H](O)C[C@@H]1[C@@]3(C)CC[C@H](O[C@@H]4O[C@H](CO)[C@@H](O)[C@H](O)[C@H]4O)C(C)(C)[C@@H]3CC[C@]12C. The van der Waals surface area contributed by atoms with Crippen molar-refractivity contribution in [1.82, 2.24) is 0 Å². The molecule has 370 valence electrons. The number of ether oxygens (including phenoxy) is 6. The first-order chi connectivity index (χ1) is 29.9. The zero-order valence-corrected chi connectivity index (χ0v) is 39.0. The predicted molar refractivity (Wildman–Crippen MR) is 228 cm³/mol. The van der Waals surface area contributed by atoms with Crippen molar-refractivity contribution < 1.29 is 84.6 Å². The van der Waals surface area contributed by atoms with Gasteiger partial charge in [-0.25, -0.2) is 0 Å². The van der Waals surface area contributed by atoms with Gasteiger partial charge in [0.15, 0.2) is 18.9 Å². The third-order valence-electron chi connectivity index (χ3n) is 18.4. The highest BCUT2D eigenvalue weighted by Gasteiger charge is 2.72. The van der Waals surface area contributed by atoms with Crippen molar-refractivity contribution in [3.05, 3.63) is 11.6 Å². The van der Waals surface area contributed by atoms with E-state index in [-0.39, 0.29) is 52.6 Å². The first kappa shape index (κ1) is 50.9. The highest BCUT2D eigenvalue weighted by molar-refractivity contribution is 5.20. The van der Waals surface area contributed by atoms with Crippen LogP contribution in [0.4, 0.5) is 0 Å². The van der Waals surface area contributed by atoms with Crippen LogP contribution in [0.25, 0.3) is 0 Å². The van der Waals surface area contributed by atoms with Gasteiger partial charge in [-0.1, -0.05) is 46.3 Å². The molecule has 11 N–H and O–H groups in total. The maximum atomic E-state index is 12.7. The number of allylic oxidation sites excluding steroid dienone is 2. The summed E-state index contributed by atoms with van der Waals surface area (Å²) in [7, 11) is 0. The van der Waals surface area contributed by atoms with Crippen LogP contribution in [-0.4, -0.2) is 180 Å². The lowest BCUT2D eigenvalue weighted by molar-refractivity contribution is -0.346. The van der Waals surface area contributed by atoms with Crippen LogP contribution in [0.15, 0.2) is 11.6 Å². The van der Waals surface area contributed by atoms with E-state index in [9.17, 15) is 56.2 Å². The van der Waals surface area contributed by atoms with Crippen LogP contribution < -0.4 is 0 Å². The van der Waals surface area contributed by atoms with Gasteiger partial charge in [0.05, 0.1) is 37.6 Å². The van der Waals surface area contributed by atoms with Crippen LogP contribution in [0.2, 0.25) is 0 Å². The number of aliphatic hydroxyl groups is 11. The summed E-state index contributed by atoms with van der Waals surface area (Å²) < 4.78 is 36.5. The Balaban J connectivity index is 1.11. The van der Waals surface area contributed by atoms with Crippen molar-refractivity contribution in [3.8, 4) is 0 Å². The van der Waals surface area contributed by atoms with Gasteiger partial charge in [-0.15, -0.1) is 0 Å². The highest BCUT2D eigenvalue weighted by Crippen LogP contribution is 2.76. The van der Waals surface area contributed by atoms with Crippen molar-refractivity contribution >= 4 is 0 Å². The average molecular weight is 917 g/mol. The highest BCUT2D eigenvalue weighted by atomic mass is 16.7. The maximum Gasteiger partial charge on any atom is 0.187 e. The van der Waals surface area contributed by atoms with Crippen LogP contribution in [0.3, 0.4) is 0 Å². The van der Waals surface area contributed by atoms with Crippen LogP contribution in [-0.2, 0) is 28.4 Å². The molecule has 4 saturated carbocycles. The van der Waals surface area contributed by atoms with Crippen molar-refractivity contribution in [3.63, 3.8) is 0 Å². The van der Waals surface area contributed by atoms with Gasteiger partial charge in [-0.2, -0.15) is 0 Å². The largest absolute Gasteiger partial charge is 0.394 e. The Labute approximate surface area is 377 Å². The van der Waals surface area contributed by atoms with Crippen molar-refractivity contribution in [1.29, 1.82) is 0 Å². The molecule has 7 rings (SSSR count). The van der Waals surface area contributed by atoms with E-state index in [2.05, 4.69) is 40.7 Å². The fourth-order valence-electron chi connectivity index (χ4n) is 14.5. The Kier molecular flexibility index (Phi) is 14.9. The van der Waals surface area contributed by atoms with Crippen LogP contribution in [0.1, 0.15) is 113 Å². The topological polar surface area (TPSA) is 278 Å². The lowest BCUT2D eigenvalue weighted by Crippen LogP contribution is -2.67. The summed E-state index contributed by atoms with van der Waals surface area (Å²) in [5.41, 5.74) is -0.948. The van der Waals surface area contributed by atoms with Crippen LogP contribution >= 0.6 is 0 Å². The molecule has 0 radical (unpaired) electrons. The smallest absolute Gasteiger partial charge is 0.187 e. The number of rotatable bonds is 12. The molecule has 0 aromatic rings. The Hall–Kier alpha value is -0.940. The summed E-state index contributed by atoms with van der Waals surface area (Å²) in [6, 6.07) is 0. The molecule has 0 unspecified atom stereocenters. The molecule has 0 aromatic heterocycles. The lowest BCUT2D eigenvalue weighted by atomic mass is 9.35. The Morgan fingerprint density at radius 3 is 1.94 bits per heavy atom. The minimum atomic E-state index is -1.68. The summed E-state index contributed by atoms with van der Waals surface area (Å²) in [6.45, 7) is 16.3. The molecule has 17 nitrogen and oxygen atoms in total. The quantitative estimate of drug-likeness (QED) is 0.0946. The standard InChI is InChI=1S/C47H80O17/c1-22(2)10-9-14-47(8,64-42-39(58)36(55)34(53)27(62-42)21-60-40-37(56)32(51)25(50)20-59-40)23-11-16-46(7)31(23)24(49)18-29-44(5)15-13-30(43(3,4)28(44)12-17-45(29,46)6)63-41-38(57)35(54)33(52)26(19-48)61-41/h10,23-42,48-58H,9,11-21H2,1-8H3/t23-,24+,25+,26+,27+,28-,29+,30-,31-,32+,33+,34+,35-,36-,37-,38+,39+,40-,41-,42-,44-,45+,46+,47-/m0/s1. The van der Waals surface area contributed by atoms with E-state index in [0.717, 1.165) is 37.7 Å². The zero-order valence-electron chi connectivity index (χ0n) is 39.0. The fraction of sp³-hybridized carbons (Fsp3) is 0.957. The molecule has 3 aliphatic heterocycles. The predicted octanol–water partition coefficient (Wildman–Crippen LogP) is 0.612. The molecule has 7 fully saturated rings. The minimum Gasteiger partial charge on any atom is -0.394 e. The fourth-order valence-corrected chi connectivity index (χ4v) is 14.5. The molecular formula is C47H80O17. The third-order valence-corrected chi connectivity index (χ3v) is 18.4. The van der Waals surface area contributed by atoms with E-state index in [1.807, 2.05) is 20.8 Å². The Morgan fingerprint density at radius 1 is 0.672 bits per heavy atom. The van der Waals surface area contributed by atoms with Gasteiger partial charge < -0.3 is 84.6 Å². The lowest BCUT2D eigenvalue weighted by Gasteiger charge is -2.71. The summed E-state index contributed by atoms with van der Waals surface area (Å²) in [5, 5.41) is 118. The van der Waals surface area contributed by atoms with Crippen LogP contribution in [0, 0.1) is 45.3 Å². The van der Waals surface area contributed by atoms with E-state index in [4.69, 9.17) is 28.4 Å². The van der Waals surface area contributed by atoms with E-state index in [1.165, 1.54) is 0 Å². The summed E-state index contributed by atoms with van der Waals surface area (Å²) >= 11 is 0. The normalized spacial score (nSPS) is 52.5. The maximum absolute atomic E-state index is 12.7. The van der Waals surface area contributed by atoms with Gasteiger partial charge in [0.1, 0.15) is 67.1 Å². The van der Waals surface area contributed by atoms with Gasteiger partial charge in [-0.05, 0) is 124 Å². The average Bonchev–Trinajstić information content (AvgIpc) is 3.62. The number of hydrogen-bond acceptors (Lipinski definition) is 17. The zero-order chi connectivity index (χ0) is 47.1. The van der Waals surface area contributed by atoms with Gasteiger partial charge in [-0.3, -0.25) is 0 Å². The van der Waals surface area contributed by atoms with Crippen LogP contribution in [0.5, 0.6) is 0 Å². The molecule has 0 amide bonds. The van der Waals surface area contributed by atoms with Gasteiger partial charge in [0.25, 0.3) is 0 Å². The summed E-state index contributed by atoms with van der Waals surface area (Å²) in [6.07, 6.45) is -12.4. The number of hydrogen-bond donors (Lipinski definition) is 11. The Bertz CT molecular complexity index is 1630. The van der Waals surface area contributed by atoms with Gasteiger partial charge >= 0.3 is 0 Å². The first-order valence-electron chi connectivity index (χ1n) is 23.8. The molecule has 0 aromatic carbocycles.